The number of amides is 4. The number of nitrogens with one attached hydrogen (secondary N) is 3. The minimum atomic E-state index is -0.139. The summed E-state index contributed by atoms with van der Waals surface area (Å²) in [6, 6.07) is 7.30. The monoisotopic (exact) mass is 481 g/mol. The molecule has 5 fully saturated rings. The van der Waals surface area contributed by atoms with Crippen LogP contribution in [0.1, 0.15) is 60.9 Å². The highest BCUT2D eigenvalue weighted by Crippen LogP contribution is 2.55. The smallest absolute Gasteiger partial charge is 0.315 e. The van der Waals surface area contributed by atoms with Gasteiger partial charge in [-0.1, -0.05) is 12.1 Å². The lowest BCUT2D eigenvalue weighted by molar-refractivity contribution is -0.121. The Balaban J connectivity index is 1.00. The first-order valence-corrected chi connectivity index (χ1v) is 13.3. The van der Waals surface area contributed by atoms with Gasteiger partial charge in [0, 0.05) is 56.8 Å². The van der Waals surface area contributed by atoms with E-state index >= 15 is 0 Å². The summed E-state index contributed by atoms with van der Waals surface area (Å²) in [6.45, 7) is 4.02. The Hall–Kier alpha value is -2.61. The van der Waals surface area contributed by atoms with Crippen LogP contribution >= 0.6 is 0 Å². The number of likely N-dealkylation sites (N-methyl/N-ethyl adjacent to an activating group) is 1. The van der Waals surface area contributed by atoms with Crippen molar-refractivity contribution in [2.75, 3.05) is 39.8 Å². The Kier molecular flexibility index (Phi) is 7.00. The van der Waals surface area contributed by atoms with Gasteiger partial charge >= 0.3 is 6.03 Å². The van der Waals surface area contributed by atoms with Crippen LogP contribution < -0.4 is 16.0 Å². The van der Waals surface area contributed by atoms with Crippen molar-refractivity contribution in [3.8, 4) is 0 Å². The topological polar surface area (TPSA) is 93.8 Å². The van der Waals surface area contributed by atoms with Crippen molar-refractivity contribution < 1.29 is 14.4 Å². The van der Waals surface area contributed by atoms with E-state index in [9.17, 15) is 14.4 Å². The molecular formula is C27H39N5O3. The van der Waals surface area contributed by atoms with Gasteiger partial charge in [0.05, 0.1) is 0 Å². The summed E-state index contributed by atoms with van der Waals surface area (Å²) in [5, 5.41) is 9.07. The van der Waals surface area contributed by atoms with E-state index < -0.39 is 0 Å². The van der Waals surface area contributed by atoms with Crippen LogP contribution in [-0.2, 0) is 11.3 Å². The van der Waals surface area contributed by atoms with E-state index in [1.54, 1.807) is 0 Å². The predicted octanol–water partition coefficient (Wildman–Crippen LogP) is 2.35. The van der Waals surface area contributed by atoms with Gasteiger partial charge in [-0.25, -0.2) is 4.79 Å². The second kappa shape index (κ2) is 10.2. The molecule has 4 aliphatic carbocycles. The fourth-order valence-corrected chi connectivity index (χ4v) is 7.08. The molecule has 0 spiro atoms. The van der Waals surface area contributed by atoms with Crippen molar-refractivity contribution in [3.05, 3.63) is 35.4 Å². The molecule has 4 saturated carbocycles. The molecule has 0 radical (unpaired) electrons. The van der Waals surface area contributed by atoms with Gasteiger partial charge < -0.3 is 25.8 Å². The van der Waals surface area contributed by atoms with Crippen LogP contribution in [-0.4, -0.2) is 73.0 Å². The van der Waals surface area contributed by atoms with Crippen LogP contribution in [0.2, 0.25) is 0 Å². The van der Waals surface area contributed by atoms with Crippen molar-refractivity contribution >= 4 is 17.8 Å². The minimum Gasteiger partial charge on any atom is -0.352 e. The van der Waals surface area contributed by atoms with E-state index in [2.05, 4.69) is 27.9 Å². The van der Waals surface area contributed by atoms with Crippen molar-refractivity contribution in [2.24, 2.45) is 17.8 Å². The number of nitrogens with zero attached hydrogens (tertiary/aromatic N) is 2. The molecule has 0 atom stereocenters. The Morgan fingerprint density at radius 1 is 0.886 bits per heavy atom. The maximum Gasteiger partial charge on any atom is 0.315 e. The Bertz CT molecular complexity index is 903. The molecule has 35 heavy (non-hydrogen) atoms. The summed E-state index contributed by atoms with van der Waals surface area (Å²) in [5.74, 6) is 2.31. The van der Waals surface area contributed by atoms with E-state index in [1.165, 1.54) is 19.3 Å². The summed E-state index contributed by atoms with van der Waals surface area (Å²) in [4.78, 5) is 41.6. The van der Waals surface area contributed by atoms with E-state index in [0.717, 1.165) is 68.8 Å². The van der Waals surface area contributed by atoms with E-state index in [0.29, 0.717) is 18.7 Å². The zero-order chi connectivity index (χ0) is 24.4. The molecule has 0 unspecified atom stereocenters. The zero-order valence-corrected chi connectivity index (χ0v) is 20.9. The van der Waals surface area contributed by atoms with Crippen LogP contribution in [0, 0.1) is 17.8 Å². The fraction of sp³-hybridized carbons (Fsp3) is 0.667. The highest BCUT2D eigenvalue weighted by Gasteiger charge is 2.51. The molecule has 1 aromatic carbocycles. The summed E-state index contributed by atoms with van der Waals surface area (Å²) in [5.41, 5.74) is 1.61. The van der Waals surface area contributed by atoms with Gasteiger partial charge in [-0.05, 0) is 81.0 Å². The zero-order valence-electron chi connectivity index (χ0n) is 20.9. The number of benzene rings is 1. The number of carbonyl (C=O) groups excluding carboxylic acids is 3. The van der Waals surface area contributed by atoms with Crippen LogP contribution in [0.15, 0.2) is 24.3 Å². The number of piperazine rings is 1. The van der Waals surface area contributed by atoms with Gasteiger partial charge in [-0.15, -0.1) is 0 Å². The fourth-order valence-electron chi connectivity index (χ4n) is 7.08. The van der Waals surface area contributed by atoms with E-state index in [4.69, 9.17) is 0 Å². The molecule has 1 aliphatic heterocycles. The SMILES string of the molecule is CN1CCN(C(=O)c2ccc(CNC(=O)CCNC(=O)NC34CC5CC(CC(C5)C3)C4)cc2)CC1. The molecule has 4 bridgehead atoms. The molecule has 190 valence electrons. The standard InChI is InChI=1S/C27H39N5O3/c1-31-8-10-32(11-9-31)25(34)23-4-2-19(3-5-23)18-29-24(33)6-7-28-26(35)30-27-15-20-12-21(16-27)14-22(13-20)17-27/h2-5,20-22H,6-18H2,1H3,(H,29,33)(H2,28,30,35). The number of hydrogen-bond acceptors (Lipinski definition) is 4. The largest absolute Gasteiger partial charge is 0.352 e. The summed E-state index contributed by atoms with van der Waals surface area (Å²) < 4.78 is 0. The van der Waals surface area contributed by atoms with Crippen LogP contribution in [0.4, 0.5) is 4.79 Å². The maximum absolute atomic E-state index is 12.7. The molecule has 1 aromatic rings. The second-order valence-electron chi connectivity index (χ2n) is 11.4. The number of rotatable bonds is 7. The van der Waals surface area contributed by atoms with Gasteiger partial charge in [0.25, 0.3) is 5.91 Å². The molecular weight excluding hydrogens is 442 g/mol. The van der Waals surface area contributed by atoms with E-state index in [-0.39, 0.29) is 29.8 Å². The minimum absolute atomic E-state index is 0.0149. The lowest BCUT2D eigenvalue weighted by Crippen LogP contribution is -2.61. The summed E-state index contributed by atoms with van der Waals surface area (Å²) >= 11 is 0. The quantitative estimate of drug-likeness (QED) is 0.557. The first-order chi connectivity index (χ1) is 16.9. The van der Waals surface area contributed by atoms with Gasteiger partial charge in [-0.3, -0.25) is 9.59 Å². The normalized spacial score (nSPS) is 29.6. The number of carbonyl (C=O) groups is 3. The first kappa shape index (κ1) is 24.1. The molecule has 3 N–H and O–H groups in total. The highest BCUT2D eigenvalue weighted by molar-refractivity contribution is 5.94. The third-order valence-electron chi connectivity index (χ3n) is 8.54. The number of hydrogen-bond donors (Lipinski definition) is 3. The molecule has 1 saturated heterocycles. The average Bonchev–Trinajstić information content (AvgIpc) is 2.82. The van der Waals surface area contributed by atoms with Gasteiger partial charge in [0.1, 0.15) is 0 Å². The number of urea groups is 1. The van der Waals surface area contributed by atoms with Crippen LogP contribution in [0.25, 0.3) is 0 Å². The highest BCUT2D eigenvalue weighted by atomic mass is 16.2. The van der Waals surface area contributed by atoms with Gasteiger partial charge in [0.2, 0.25) is 5.91 Å². The summed E-state index contributed by atoms with van der Waals surface area (Å²) in [7, 11) is 2.07. The lowest BCUT2D eigenvalue weighted by Gasteiger charge is -2.56. The molecule has 1 heterocycles. The third-order valence-corrected chi connectivity index (χ3v) is 8.54. The maximum atomic E-state index is 12.7. The van der Waals surface area contributed by atoms with Crippen molar-refractivity contribution in [2.45, 2.75) is 57.0 Å². The predicted molar refractivity (Wildman–Crippen MR) is 134 cm³/mol. The average molecular weight is 482 g/mol. The molecule has 8 heteroatoms. The van der Waals surface area contributed by atoms with E-state index in [1.807, 2.05) is 29.2 Å². The molecule has 5 aliphatic rings. The Morgan fingerprint density at radius 2 is 1.49 bits per heavy atom. The molecule has 4 amide bonds. The molecule has 6 rings (SSSR count). The summed E-state index contributed by atoms with van der Waals surface area (Å²) in [6.07, 6.45) is 7.63. The van der Waals surface area contributed by atoms with Crippen molar-refractivity contribution in [1.82, 2.24) is 25.8 Å². The molecule has 8 nitrogen and oxygen atoms in total. The first-order valence-electron chi connectivity index (χ1n) is 13.3. The Labute approximate surface area is 208 Å². The van der Waals surface area contributed by atoms with Crippen molar-refractivity contribution in [1.29, 1.82) is 0 Å². The molecule has 0 aromatic heterocycles. The second-order valence-corrected chi connectivity index (χ2v) is 11.4. The lowest BCUT2D eigenvalue weighted by atomic mass is 9.53. The van der Waals surface area contributed by atoms with Crippen LogP contribution in [0.5, 0.6) is 0 Å². The van der Waals surface area contributed by atoms with Gasteiger partial charge in [0.15, 0.2) is 0 Å². The Morgan fingerprint density at radius 3 is 2.09 bits per heavy atom. The van der Waals surface area contributed by atoms with Gasteiger partial charge in [-0.2, -0.15) is 0 Å². The third kappa shape index (κ3) is 5.80. The van der Waals surface area contributed by atoms with Crippen molar-refractivity contribution in [3.63, 3.8) is 0 Å². The van der Waals surface area contributed by atoms with Crippen LogP contribution in [0.3, 0.4) is 0 Å².